The summed E-state index contributed by atoms with van der Waals surface area (Å²) in [4.78, 5) is 20.3. The van der Waals surface area contributed by atoms with Gasteiger partial charge in [0.05, 0.1) is 27.2 Å². The van der Waals surface area contributed by atoms with Gasteiger partial charge in [0.15, 0.2) is 5.17 Å². The lowest BCUT2D eigenvalue weighted by atomic mass is 10.2. The Labute approximate surface area is 211 Å². The summed E-state index contributed by atoms with van der Waals surface area (Å²) < 4.78 is 5.98. The predicted octanol–water partition coefficient (Wildman–Crippen LogP) is 8.06. The zero-order chi connectivity index (χ0) is 23.5. The smallest absolute Gasteiger partial charge is 0.267 e. The molecule has 0 atom stereocenters. The normalized spacial score (nSPS) is 16.1. The molecule has 5 rings (SSSR count). The molecule has 4 nitrogen and oxygen atoms in total. The van der Waals surface area contributed by atoms with E-state index in [2.05, 4.69) is 0 Å². The molecule has 0 spiro atoms. The second-order valence-electron chi connectivity index (χ2n) is 7.55. The fraction of sp³-hybridized carbons (Fsp3) is 0.0370. The molecule has 3 aromatic carbocycles. The topological polar surface area (TPSA) is 45.8 Å². The summed E-state index contributed by atoms with van der Waals surface area (Å²) in [5, 5.41) is 1.56. The first kappa shape index (κ1) is 22.5. The molecular formula is C27H18Cl2N2O2S. The van der Waals surface area contributed by atoms with Crippen molar-refractivity contribution in [3.8, 4) is 11.3 Å². The molecule has 1 amide bonds. The highest BCUT2D eigenvalue weighted by Gasteiger charge is 2.33. The van der Waals surface area contributed by atoms with Crippen LogP contribution in [0.5, 0.6) is 0 Å². The van der Waals surface area contributed by atoms with Crippen molar-refractivity contribution >= 4 is 57.8 Å². The first-order chi connectivity index (χ1) is 16.6. The summed E-state index contributed by atoms with van der Waals surface area (Å²) in [5.41, 5.74) is 2.62. The van der Waals surface area contributed by atoms with Crippen LogP contribution in [0.4, 0.5) is 5.69 Å². The maximum Gasteiger partial charge on any atom is 0.267 e. The minimum absolute atomic E-state index is 0.115. The van der Waals surface area contributed by atoms with Crippen LogP contribution in [0.15, 0.2) is 105 Å². The van der Waals surface area contributed by atoms with Crippen molar-refractivity contribution in [1.82, 2.24) is 4.90 Å². The van der Waals surface area contributed by atoms with E-state index in [1.807, 2.05) is 78.9 Å². The van der Waals surface area contributed by atoms with E-state index in [9.17, 15) is 4.79 Å². The van der Waals surface area contributed by atoms with Crippen molar-refractivity contribution in [2.75, 3.05) is 0 Å². The van der Waals surface area contributed by atoms with Crippen molar-refractivity contribution in [3.63, 3.8) is 0 Å². The lowest BCUT2D eigenvalue weighted by Gasteiger charge is -2.15. The van der Waals surface area contributed by atoms with Gasteiger partial charge >= 0.3 is 0 Å². The van der Waals surface area contributed by atoms with Gasteiger partial charge in [0.2, 0.25) is 0 Å². The van der Waals surface area contributed by atoms with Gasteiger partial charge < -0.3 is 4.42 Å². The molecule has 2 heterocycles. The summed E-state index contributed by atoms with van der Waals surface area (Å²) in [5.74, 6) is 1.09. The van der Waals surface area contributed by atoms with Crippen molar-refractivity contribution in [3.05, 3.63) is 117 Å². The molecule has 0 radical (unpaired) electrons. The number of hydrogen-bond acceptors (Lipinski definition) is 4. The minimum Gasteiger partial charge on any atom is -0.457 e. The number of aliphatic imine (C=N–C) groups is 1. The van der Waals surface area contributed by atoms with Crippen molar-refractivity contribution in [1.29, 1.82) is 0 Å². The number of hydrogen-bond donors (Lipinski definition) is 0. The average Bonchev–Trinajstić information content (AvgIpc) is 3.43. The van der Waals surface area contributed by atoms with Crippen LogP contribution in [-0.4, -0.2) is 16.0 Å². The van der Waals surface area contributed by atoms with Gasteiger partial charge in [0, 0.05) is 11.6 Å². The minimum atomic E-state index is -0.115. The highest BCUT2D eigenvalue weighted by Crippen LogP contribution is 2.36. The lowest BCUT2D eigenvalue weighted by Crippen LogP contribution is -2.28. The summed E-state index contributed by atoms with van der Waals surface area (Å²) in [6.07, 6.45) is 1.75. The molecular weight excluding hydrogens is 487 g/mol. The number of amides is 1. The van der Waals surface area contributed by atoms with Crippen LogP contribution in [0, 0.1) is 0 Å². The quantitative estimate of drug-likeness (QED) is 0.258. The third-order valence-corrected chi connectivity index (χ3v) is 6.90. The molecule has 168 valence electrons. The maximum absolute atomic E-state index is 13.4. The number of carbonyl (C=O) groups is 1. The number of rotatable bonds is 5. The first-order valence-electron chi connectivity index (χ1n) is 10.5. The Kier molecular flexibility index (Phi) is 6.59. The van der Waals surface area contributed by atoms with Crippen LogP contribution in [0.2, 0.25) is 10.0 Å². The van der Waals surface area contributed by atoms with Crippen LogP contribution in [0.3, 0.4) is 0 Å². The van der Waals surface area contributed by atoms with E-state index in [-0.39, 0.29) is 5.91 Å². The van der Waals surface area contributed by atoms with Crippen LogP contribution in [-0.2, 0) is 11.3 Å². The molecule has 1 fully saturated rings. The van der Waals surface area contributed by atoms with E-state index in [4.69, 9.17) is 32.6 Å². The van der Waals surface area contributed by atoms with Crippen LogP contribution in [0.1, 0.15) is 11.3 Å². The highest BCUT2D eigenvalue weighted by atomic mass is 35.5. The Balaban J connectivity index is 1.46. The second kappa shape index (κ2) is 9.94. The zero-order valence-electron chi connectivity index (χ0n) is 17.8. The Morgan fingerprint density at radius 1 is 0.882 bits per heavy atom. The maximum atomic E-state index is 13.4. The molecule has 7 heteroatoms. The molecule has 1 aliphatic rings. The Bertz CT molecular complexity index is 1400. The third-order valence-electron chi connectivity index (χ3n) is 5.16. The summed E-state index contributed by atoms with van der Waals surface area (Å²) in [6.45, 7) is 0.433. The fourth-order valence-corrected chi connectivity index (χ4v) is 4.75. The summed E-state index contributed by atoms with van der Waals surface area (Å²) >= 11 is 13.5. The monoisotopic (exact) mass is 504 g/mol. The molecule has 34 heavy (non-hydrogen) atoms. The first-order valence-corrected chi connectivity index (χ1v) is 12.1. The third kappa shape index (κ3) is 4.97. The number of furan rings is 1. The number of nitrogens with zero attached hydrogens (tertiary/aromatic N) is 2. The number of halogens is 2. The van der Waals surface area contributed by atoms with E-state index in [1.54, 1.807) is 23.1 Å². The van der Waals surface area contributed by atoms with Gasteiger partial charge in [0.25, 0.3) is 5.91 Å². The molecule has 4 aromatic rings. The van der Waals surface area contributed by atoms with Crippen molar-refractivity contribution < 1.29 is 9.21 Å². The van der Waals surface area contributed by atoms with Gasteiger partial charge in [-0.1, -0.05) is 71.7 Å². The van der Waals surface area contributed by atoms with Gasteiger partial charge in [0.1, 0.15) is 11.5 Å². The Hall–Kier alpha value is -3.25. The number of benzene rings is 3. The summed E-state index contributed by atoms with van der Waals surface area (Å²) in [6, 6.07) is 28.5. The lowest BCUT2D eigenvalue weighted by molar-refractivity contribution is -0.122. The summed E-state index contributed by atoms with van der Waals surface area (Å²) in [7, 11) is 0. The van der Waals surface area contributed by atoms with Crippen LogP contribution < -0.4 is 0 Å². The zero-order valence-corrected chi connectivity index (χ0v) is 20.1. The van der Waals surface area contributed by atoms with E-state index in [0.29, 0.717) is 38.2 Å². The van der Waals surface area contributed by atoms with Crippen LogP contribution >= 0.6 is 35.0 Å². The van der Waals surface area contributed by atoms with Crippen LogP contribution in [0.25, 0.3) is 17.4 Å². The van der Waals surface area contributed by atoms with Crippen molar-refractivity contribution in [2.24, 2.45) is 4.99 Å². The fourth-order valence-electron chi connectivity index (χ4n) is 3.47. The second-order valence-corrected chi connectivity index (χ2v) is 9.37. The van der Waals surface area contributed by atoms with Gasteiger partial charge in [-0.3, -0.25) is 9.69 Å². The SMILES string of the molecule is O=C1/C(=C\c2ccc(-c3ccc(Cl)c(Cl)c3)o2)SC(=Nc2ccccc2)N1Cc1ccccc1. The number of amidine groups is 1. The van der Waals surface area contributed by atoms with E-state index in [0.717, 1.165) is 16.8 Å². The molecule has 0 unspecified atom stereocenters. The van der Waals surface area contributed by atoms with Gasteiger partial charge in [-0.05, 0) is 59.8 Å². The van der Waals surface area contributed by atoms with E-state index < -0.39 is 0 Å². The largest absolute Gasteiger partial charge is 0.457 e. The number of para-hydroxylation sites is 1. The number of carbonyl (C=O) groups excluding carboxylic acids is 1. The highest BCUT2D eigenvalue weighted by molar-refractivity contribution is 8.18. The van der Waals surface area contributed by atoms with Gasteiger partial charge in [-0.25, -0.2) is 4.99 Å². The molecule has 1 aromatic heterocycles. The average molecular weight is 505 g/mol. The molecule has 0 saturated carbocycles. The molecule has 0 bridgehead atoms. The van der Waals surface area contributed by atoms with E-state index in [1.165, 1.54) is 11.8 Å². The van der Waals surface area contributed by atoms with E-state index >= 15 is 0 Å². The van der Waals surface area contributed by atoms with Gasteiger partial charge in [-0.2, -0.15) is 0 Å². The van der Waals surface area contributed by atoms with Gasteiger partial charge in [-0.15, -0.1) is 0 Å². The Morgan fingerprint density at radius 3 is 2.35 bits per heavy atom. The van der Waals surface area contributed by atoms with Crippen molar-refractivity contribution in [2.45, 2.75) is 6.54 Å². The molecule has 1 saturated heterocycles. The molecule has 1 aliphatic heterocycles. The standard InChI is InChI=1S/C27H18Cl2N2O2S/c28-22-13-11-19(15-23(22)29)24-14-12-21(33-24)16-25-26(32)31(17-18-7-3-1-4-8-18)27(34-25)30-20-9-5-2-6-10-20/h1-16H,17H2/b25-16+,30-27?. The molecule has 0 aliphatic carbocycles. The number of thioether (sulfide) groups is 1. The Morgan fingerprint density at radius 2 is 1.62 bits per heavy atom. The predicted molar refractivity (Wildman–Crippen MR) is 140 cm³/mol. The molecule has 0 N–H and O–H groups in total.